The van der Waals surface area contributed by atoms with Crippen molar-refractivity contribution in [3.05, 3.63) is 29.8 Å². The Balaban J connectivity index is 2.43. The number of hydrogen-bond donors (Lipinski definition) is 2. The van der Waals surface area contributed by atoms with Gasteiger partial charge in [0.1, 0.15) is 5.75 Å². The molecule has 5 nitrogen and oxygen atoms in total. The van der Waals surface area contributed by atoms with Gasteiger partial charge in [-0.1, -0.05) is 6.07 Å². The first-order valence-corrected chi connectivity index (χ1v) is 5.27. The molecule has 0 aliphatic carbocycles. The average molecular weight is 237 g/mol. The summed E-state index contributed by atoms with van der Waals surface area (Å²) in [5, 5.41) is 11.1. The first-order chi connectivity index (χ1) is 8.13. The maximum absolute atomic E-state index is 11.6. The van der Waals surface area contributed by atoms with Crippen LogP contribution in [0.4, 0.5) is 0 Å². The molecule has 1 aromatic carbocycles. The topological polar surface area (TPSA) is 75.6 Å². The SMILES string of the molecule is COc1cccc(C(=O)NCCCC(=O)O)c1. The van der Waals surface area contributed by atoms with Crippen LogP contribution in [0.3, 0.4) is 0 Å². The number of rotatable bonds is 6. The predicted molar refractivity (Wildman–Crippen MR) is 62.2 cm³/mol. The Bertz CT molecular complexity index is 403. The van der Waals surface area contributed by atoms with Crippen LogP contribution in [0.15, 0.2) is 24.3 Å². The molecule has 92 valence electrons. The third-order valence-corrected chi connectivity index (χ3v) is 2.18. The van der Waals surface area contributed by atoms with Crippen LogP contribution in [0.2, 0.25) is 0 Å². The molecule has 0 saturated carbocycles. The van der Waals surface area contributed by atoms with Crippen LogP contribution < -0.4 is 10.1 Å². The summed E-state index contributed by atoms with van der Waals surface area (Å²) >= 11 is 0. The van der Waals surface area contributed by atoms with Crippen LogP contribution in [0.25, 0.3) is 0 Å². The van der Waals surface area contributed by atoms with E-state index in [1.165, 1.54) is 7.11 Å². The molecular formula is C12H15NO4. The monoisotopic (exact) mass is 237 g/mol. The molecule has 1 amide bonds. The molecule has 0 saturated heterocycles. The first kappa shape index (κ1) is 13.0. The lowest BCUT2D eigenvalue weighted by Gasteiger charge is -2.05. The molecule has 0 bridgehead atoms. The lowest BCUT2D eigenvalue weighted by molar-refractivity contribution is -0.137. The molecule has 0 aromatic heterocycles. The van der Waals surface area contributed by atoms with Gasteiger partial charge in [0.05, 0.1) is 7.11 Å². The lowest BCUT2D eigenvalue weighted by Crippen LogP contribution is -2.24. The van der Waals surface area contributed by atoms with Crippen molar-refractivity contribution < 1.29 is 19.4 Å². The van der Waals surface area contributed by atoms with E-state index in [1.54, 1.807) is 24.3 Å². The van der Waals surface area contributed by atoms with Crippen LogP contribution >= 0.6 is 0 Å². The largest absolute Gasteiger partial charge is 0.497 e. The smallest absolute Gasteiger partial charge is 0.303 e. The summed E-state index contributed by atoms with van der Waals surface area (Å²) in [6.07, 6.45) is 0.476. The summed E-state index contributed by atoms with van der Waals surface area (Å²) < 4.78 is 5.00. The number of aliphatic carboxylic acids is 1. The van der Waals surface area contributed by atoms with Gasteiger partial charge in [-0.2, -0.15) is 0 Å². The third kappa shape index (κ3) is 4.55. The van der Waals surface area contributed by atoms with Gasteiger partial charge in [0.15, 0.2) is 0 Å². The number of carboxylic acids is 1. The predicted octanol–water partition coefficient (Wildman–Crippen LogP) is 1.29. The van der Waals surface area contributed by atoms with E-state index in [-0.39, 0.29) is 12.3 Å². The Morgan fingerprint density at radius 2 is 2.18 bits per heavy atom. The maximum Gasteiger partial charge on any atom is 0.303 e. The highest BCUT2D eigenvalue weighted by Gasteiger charge is 2.06. The summed E-state index contributed by atoms with van der Waals surface area (Å²) in [6.45, 7) is 0.350. The van der Waals surface area contributed by atoms with Gasteiger partial charge in [-0.3, -0.25) is 9.59 Å². The number of amides is 1. The summed E-state index contributed by atoms with van der Waals surface area (Å²) in [5.74, 6) is -0.474. The molecular weight excluding hydrogens is 222 g/mol. The molecule has 17 heavy (non-hydrogen) atoms. The fourth-order valence-corrected chi connectivity index (χ4v) is 1.31. The molecule has 0 heterocycles. The molecule has 1 rings (SSSR count). The van der Waals surface area contributed by atoms with Gasteiger partial charge >= 0.3 is 5.97 Å². The normalized spacial score (nSPS) is 9.71. The molecule has 0 aliphatic heterocycles. The zero-order valence-corrected chi connectivity index (χ0v) is 9.60. The summed E-state index contributed by atoms with van der Waals surface area (Å²) in [6, 6.07) is 6.79. The molecule has 0 radical (unpaired) electrons. The minimum absolute atomic E-state index is 0.0540. The lowest BCUT2D eigenvalue weighted by atomic mass is 10.2. The van der Waals surface area contributed by atoms with Crippen molar-refractivity contribution >= 4 is 11.9 Å². The van der Waals surface area contributed by atoms with Gasteiger partial charge in [-0.25, -0.2) is 0 Å². The molecule has 0 aliphatic rings. The molecule has 0 atom stereocenters. The Labute approximate surface area is 99.4 Å². The second-order valence-corrected chi connectivity index (χ2v) is 3.49. The number of methoxy groups -OCH3 is 1. The Kier molecular flexibility index (Phi) is 5.00. The second-order valence-electron chi connectivity index (χ2n) is 3.49. The average Bonchev–Trinajstić information content (AvgIpc) is 2.34. The number of hydrogen-bond acceptors (Lipinski definition) is 3. The van der Waals surface area contributed by atoms with Crippen molar-refractivity contribution in [3.8, 4) is 5.75 Å². The highest BCUT2D eigenvalue weighted by atomic mass is 16.5. The highest BCUT2D eigenvalue weighted by molar-refractivity contribution is 5.94. The Morgan fingerprint density at radius 1 is 1.41 bits per heavy atom. The van der Waals surface area contributed by atoms with Crippen LogP contribution in [-0.4, -0.2) is 30.6 Å². The zero-order valence-electron chi connectivity index (χ0n) is 9.60. The number of carboxylic acid groups (broad SMARTS) is 1. The van der Waals surface area contributed by atoms with E-state index < -0.39 is 5.97 Å². The Morgan fingerprint density at radius 3 is 2.82 bits per heavy atom. The number of carbonyl (C=O) groups excluding carboxylic acids is 1. The van der Waals surface area contributed by atoms with Crippen molar-refractivity contribution in [1.82, 2.24) is 5.32 Å². The van der Waals surface area contributed by atoms with Crippen LogP contribution in [0, 0.1) is 0 Å². The van der Waals surface area contributed by atoms with Crippen molar-refractivity contribution in [1.29, 1.82) is 0 Å². The van der Waals surface area contributed by atoms with E-state index in [9.17, 15) is 9.59 Å². The van der Waals surface area contributed by atoms with Crippen LogP contribution in [0.1, 0.15) is 23.2 Å². The quantitative estimate of drug-likeness (QED) is 0.731. The zero-order chi connectivity index (χ0) is 12.7. The number of nitrogens with one attached hydrogen (secondary N) is 1. The summed E-state index contributed by atoms with van der Waals surface area (Å²) in [4.78, 5) is 21.9. The molecule has 2 N–H and O–H groups in total. The van der Waals surface area contributed by atoms with E-state index in [1.807, 2.05) is 0 Å². The van der Waals surface area contributed by atoms with E-state index in [0.29, 0.717) is 24.3 Å². The second kappa shape index (κ2) is 6.52. The Hall–Kier alpha value is -2.04. The van der Waals surface area contributed by atoms with Crippen molar-refractivity contribution in [2.45, 2.75) is 12.8 Å². The van der Waals surface area contributed by atoms with E-state index in [2.05, 4.69) is 5.32 Å². The van der Waals surface area contributed by atoms with Crippen LogP contribution in [-0.2, 0) is 4.79 Å². The van der Waals surface area contributed by atoms with Crippen LogP contribution in [0.5, 0.6) is 5.75 Å². The number of ether oxygens (including phenoxy) is 1. The fourth-order valence-electron chi connectivity index (χ4n) is 1.31. The minimum atomic E-state index is -0.861. The number of benzene rings is 1. The minimum Gasteiger partial charge on any atom is -0.497 e. The standard InChI is InChI=1S/C12H15NO4/c1-17-10-5-2-4-9(8-10)12(16)13-7-3-6-11(14)15/h2,4-5,8H,3,6-7H2,1H3,(H,13,16)(H,14,15). The summed E-state index contributed by atoms with van der Waals surface area (Å²) in [5.41, 5.74) is 0.500. The van der Waals surface area contributed by atoms with E-state index in [4.69, 9.17) is 9.84 Å². The van der Waals surface area contributed by atoms with Crippen molar-refractivity contribution in [2.75, 3.05) is 13.7 Å². The molecule has 0 fully saturated rings. The third-order valence-electron chi connectivity index (χ3n) is 2.18. The maximum atomic E-state index is 11.6. The van der Waals surface area contributed by atoms with E-state index >= 15 is 0 Å². The summed E-state index contributed by atoms with van der Waals surface area (Å²) in [7, 11) is 1.53. The molecule has 5 heteroatoms. The van der Waals surface area contributed by atoms with Gasteiger partial charge in [-0.15, -0.1) is 0 Å². The number of carbonyl (C=O) groups is 2. The van der Waals surface area contributed by atoms with E-state index in [0.717, 1.165) is 0 Å². The van der Waals surface area contributed by atoms with Gasteiger partial charge in [-0.05, 0) is 24.6 Å². The van der Waals surface area contributed by atoms with Crippen molar-refractivity contribution in [3.63, 3.8) is 0 Å². The van der Waals surface area contributed by atoms with Gasteiger partial charge in [0.25, 0.3) is 5.91 Å². The molecule has 0 unspecified atom stereocenters. The molecule has 1 aromatic rings. The first-order valence-electron chi connectivity index (χ1n) is 5.27. The highest BCUT2D eigenvalue weighted by Crippen LogP contribution is 2.12. The van der Waals surface area contributed by atoms with Gasteiger partial charge in [0.2, 0.25) is 0 Å². The molecule has 0 spiro atoms. The van der Waals surface area contributed by atoms with Crippen molar-refractivity contribution in [2.24, 2.45) is 0 Å². The fraction of sp³-hybridized carbons (Fsp3) is 0.333. The van der Waals surface area contributed by atoms with Gasteiger partial charge in [0, 0.05) is 18.5 Å². The van der Waals surface area contributed by atoms with Gasteiger partial charge < -0.3 is 15.2 Å².